The Morgan fingerprint density at radius 1 is 1.10 bits per heavy atom. The van der Waals surface area contributed by atoms with Gasteiger partial charge >= 0.3 is 0 Å². The molecular weight excluding hydrogens is 394 g/mol. The molecule has 1 saturated heterocycles. The fraction of sp³-hybridized carbons (Fsp3) is 0.167. The molecule has 1 fully saturated rings. The van der Waals surface area contributed by atoms with Gasteiger partial charge in [-0.25, -0.2) is 9.97 Å². The maximum absolute atomic E-state index is 13.1. The molecule has 7 nitrogen and oxygen atoms in total. The Morgan fingerprint density at radius 2 is 1.84 bits per heavy atom. The number of benzene rings is 1. The highest BCUT2D eigenvalue weighted by Crippen LogP contribution is 2.40. The highest BCUT2D eigenvalue weighted by Gasteiger charge is 2.46. The number of nitrogens with zero attached hydrogens (tertiary/aromatic N) is 1. The van der Waals surface area contributed by atoms with E-state index < -0.39 is 17.7 Å². The molecular formula is C24H23N3O4+2. The van der Waals surface area contributed by atoms with Crippen LogP contribution in [0.4, 0.5) is 0 Å². The average Bonchev–Trinajstić information content (AvgIpc) is 3.04. The number of carbonyl (C=O) groups is 2. The second-order valence-corrected chi connectivity index (χ2v) is 7.36. The van der Waals surface area contributed by atoms with Crippen LogP contribution in [0.5, 0.6) is 5.75 Å². The summed E-state index contributed by atoms with van der Waals surface area (Å²) in [5.41, 5.74) is 2.87. The standard InChI is InChI=1S/C24H21N3O4/c1-15-11-17(7-8-19(15)31-2)22(28)20-21(18-6-4-10-26-13-18)27(24(30)23(20)29)14-16-5-3-9-25-12-16/h3-13,21,28H,14H2,1-2H3/p+2. The van der Waals surface area contributed by atoms with Crippen LogP contribution >= 0.6 is 0 Å². The highest BCUT2D eigenvalue weighted by molar-refractivity contribution is 6.46. The number of H-pyrrole nitrogens is 2. The van der Waals surface area contributed by atoms with Crippen molar-refractivity contribution in [3.8, 4) is 5.75 Å². The van der Waals surface area contributed by atoms with Gasteiger partial charge in [0.2, 0.25) is 0 Å². The van der Waals surface area contributed by atoms with Crippen molar-refractivity contribution >= 4 is 17.4 Å². The molecule has 1 amide bonds. The van der Waals surface area contributed by atoms with Gasteiger partial charge in [-0.3, -0.25) is 9.59 Å². The van der Waals surface area contributed by atoms with E-state index in [9.17, 15) is 14.7 Å². The molecule has 0 saturated carbocycles. The SMILES string of the molecule is COc1ccc(C(O)=C2C(=O)C(=O)N(Cc3ccc[nH+]c3)C2c2ccc[nH+]c2)cc1C. The number of aliphatic hydroxyl groups excluding tert-OH is 1. The molecule has 3 N–H and O–H groups in total. The van der Waals surface area contributed by atoms with E-state index in [0.717, 1.165) is 11.1 Å². The summed E-state index contributed by atoms with van der Waals surface area (Å²) < 4.78 is 5.28. The molecule has 4 rings (SSSR count). The molecule has 1 unspecified atom stereocenters. The number of ketones is 1. The van der Waals surface area contributed by atoms with Crippen molar-refractivity contribution in [2.45, 2.75) is 19.5 Å². The number of hydrogen-bond donors (Lipinski definition) is 1. The molecule has 0 spiro atoms. The smallest absolute Gasteiger partial charge is 0.295 e. The summed E-state index contributed by atoms with van der Waals surface area (Å²) in [7, 11) is 1.57. The molecule has 156 valence electrons. The van der Waals surface area contributed by atoms with E-state index in [1.54, 1.807) is 56.2 Å². The van der Waals surface area contributed by atoms with Crippen molar-refractivity contribution in [3.63, 3.8) is 0 Å². The number of aliphatic hydroxyl groups is 1. The summed E-state index contributed by atoms with van der Waals surface area (Å²) in [6, 6.07) is 11.7. The number of pyridine rings is 2. The Labute approximate surface area is 179 Å². The van der Waals surface area contributed by atoms with E-state index in [0.29, 0.717) is 16.9 Å². The Hall–Kier alpha value is -4.00. The van der Waals surface area contributed by atoms with Crippen molar-refractivity contribution in [1.82, 2.24) is 4.90 Å². The Kier molecular flexibility index (Phi) is 5.49. The van der Waals surface area contributed by atoms with Crippen molar-refractivity contribution in [2.75, 3.05) is 7.11 Å². The fourth-order valence-corrected chi connectivity index (χ4v) is 3.87. The first kappa shape index (κ1) is 20.3. The summed E-state index contributed by atoms with van der Waals surface area (Å²) in [4.78, 5) is 33.5. The van der Waals surface area contributed by atoms with Crippen LogP contribution in [0.25, 0.3) is 5.76 Å². The largest absolute Gasteiger partial charge is 0.507 e. The first-order valence-corrected chi connectivity index (χ1v) is 9.85. The number of aromatic amines is 2. The van der Waals surface area contributed by atoms with Gasteiger partial charge in [0.15, 0.2) is 24.8 Å². The number of rotatable bonds is 5. The van der Waals surface area contributed by atoms with E-state index in [1.807, 2.05) is 25.1 Å². The van der Waals surface area contributed by atoms with Crippen molar-refractivity contribution in [2.24, 2.45) is 0 Å². The number of aryl methyl sites for hydroxylation is 1. The lowest BCUT2D eigenvalue weighted by molar-refractivity contribution is -0.379. The van der Waals surface area contributed by atoms with Crippen LogP contribution in [0, 0.1) is 6.92 Å². The molecule has 2 aromatic heterocycles. The summed E-state index contributed by atoms with van der Waals surface area (Å²) in [6.45, 7) is 2.07. The van der Waals surface area contributed by atoms with Crippen molar-refractivity contribution < 1.29 is 29.4 Å². The van der Waals surface area contributed by atoms with Crippen molar-refractivity contribution in [3.05, 3.63) is 95.1 Å². The van der Waals surface area contributed by atoms with Gasteiger partial charge in [-0.15, -0.1) is 0 Å². The number of carbonyl (C=O) groups excluding carboxylic acids is 2. The Bertz CT molecular complexity index is 1160. The zero-order valence-electron chi connectivity index (χ0n) is 17.3. The second-order valence-electron chi connectivity index (χ2n) is 7.36. The van der Waals surface area contributed by atoms with Crippen LogP contribution in [0.1, 0.15) is 28.3 Å². The summed E-state index contributed by atoms with van der Waals surface area (Å²) in [6.07, 6.45) is 7.02. The van der Waals surface area contributed by atoms with E-state index in [-0.39, 0.29) is 17.9 Å². The molecule has 1 atom stereocenters. The summed E-state index contributed by atoms with van der Waals surface area (Å²) in [5, 5.41) is 11.1. The number of aromatic nitrogens is 2. The zero-order chi connectivity index (χ0) is 22.0. The van der Waals surface area contributed by atoms with E-state index in [2.05, 4.69) is 9.97 Å². The monoisotopic (exact) mass is 417 g/mol. The Morgan fingerprint density at radius 3 is 2.45 bits per heavy atom. The Balaban J connectivity index is 1.85. The van der Waals surface area contributed by atoms with Gasteiger partial charge < -0.3 is 14.7 Å². The van der Waals surface area contributed by atoms with E-state index in [1.165, 1.54) is 4.90 Å². The minimum absolute atomic E-state index is 0.0640. The minimum atomic E-state index is -0.722. The molecule has 0 aliphatic carbocycles. The van der Waals surface area contributed by atoms with Crippen LogP contribution in [-0.4, -0.2) is 28.8 Å². The molecule has 31 heavy (non-hydrogen) atoms. The molecule has 0 radical (unpaired) electrons. The maximum atomic E-state index is 13.1. The van der Waals surface area contributed by atoms with Crippen LogP contribution in [0.3, 0.4) is 0 Å². The summed E-state index contributed by atoms with van der Waals surface area (Å²) >= 11 is 0. The van der Waals surface area contributed by atoms with Crippen LogP contribution in [-0.2, 0) is 16.1 Å². The maximum Gasteiger partial charge on any atom is 0.295 e. The number of hydrogen-bond acceptors (Lipinski definition) is 4. The topological polar surface area (TPSA) is 95.1 Å². The predicted molar refractivity (Wildman–Crippen MR) is 112 cm³/mol. The molecule has 3 aromatic rings. The third kappa shape index (κ3) is 3.77. The predicted octanol–water partition coefficient (Wildman–Crippen LogP) is 2.25. The number of ether oxygens (including phenoxy) is 1. The first-order valence-electron chi connectivity index (χ1n) is 9.85. The summed E-state index contributed by atoms with van der Waals surface area (Å²) in [5.74, 6) is -0.893. The molecule has 1 aliphatic heterocycles. The lowest BCUT2D eigenvalue weighted by Crippen LogP contribution is -2.30. The van der Waals surface area contributed by atoms with Crippen LogP contribution < -0.4 is 14.7 Å². The molecule has 0 bridgehead atoms. The third-order valence-corrected chi connectivity index (χ3v) is 5.38. The van der Waals surface area contributed by atoms with Gasteiger partial charge in [-0.05, 0) is 42.8 Å². The van der Waals surface area contributed by atoms with Gasteiger partial charge in [0.1, 0.15) is 11.5 Å². The number of amides is 1. The molecule has 7 heteroatoms. The minimum Gasteiger partial charge on any atom is -0.507 e. The third-order valence-electron chi connectivity index (χ3n) is 5.38. The molecule has 3 heterocycles. The molecule has 1 aromatic carbocycles. The van der Waals surface area contributed by atoms with Gasteiger partial charge in [-0.2, -0.15) is 0 Å². The zero-order valence-corrected chi connectivity index (χ0v) is 17.3. The van der Waals surface area contributed by atoms with Crippen LogP contribution in [0.15, 0.2) is 72.8 Å². The number of nitrogens with one attached hydrogen (secondary N) is 2. The van der Waals surface area contributed by atoms with Crippen molar-refractivity contribution in [1.29, 1.82) is 0 Å². The number of likely N-dealkylation sites (tertiary alicyclic amines) is 1. The van der Waals surface area contributed by atoms with Gasteiger partial charge in [0.25, 0.3) is 11.7 Å². The highest BCUT2D eigenvalue weighted by atomic mass is 16.5. The average molecular weight is 417 g/mol. The normalized spacial score (nSPS) is 17.7. The quantitative estimate of drug-likeness (QED) is 0.391. The van der Waals surface area contributed by atoms with Crippen LogP contribution in [0.2, 0.25) is 0 Å². The van der Waals surface area contributed by atoms with Gasteiger partial charge in [0.05, 0.1) is 25.3 Å². The number of methoxy groups -OCH3 is 1. The fourth-order valence-electron chi connectivity index (χ4n) is 3.87. The van der Waals surface area contributed by atoms with E-state index >= 15 is 0 Å². The van der Waals surface area contributed by atoms with E-state index in [4.69, 9.17) is 4.74 Å². The second kappa shape index (κ2) is 8.39. The lowest BCUT2D eigenvalue weighted by atomic mass is 9.95. The lowest BCUT2D eigenvalue weighted by Gasteiger charge is -2.23. The van der Waals surface area contributed by atoms with Gasteiger partial charge in [-0.1, -0.05) is 0 Å². The van der Waals surface area contributed by atoms with Gasteiger partial charge in [0, 0.05) is 28.8 Å². The first-order chi connectivity index (χ1) is 15.0. The molecule has 1 aliphatic rings. The number of Topliss-reactive ketones (excluding diaryl/α,β-unsaturated/α-hetero) is 1.